The zero-order valence-electron chi connectivity index (χ0n) is 12.6. The number of benzene rings is 2. The van der Waals surface area contributed by atoms with Crippen LogP contribution in [0, 0.1) is 17.0 Å². The zero-order valence-corrected chi connectivity index (χ0v) is 12.6. The third-order valence-electron chi connectivity index (χ3n) is 3.83. The molecule has 1 aromatic heterocycles. The van der Waals surface area contributed by atoms with E-state index in [9.17, 15) is 14.9 Å². The highest BCUT2D eigenvalue weighted by atomic mass is 16.6. The maximum atomic E-state index is 12.3. The van der Waals surface area contributed by atoms with Gasteiger partial charge in [0.25, 0.3) is 5.69 Å². The highest BCUT2D eigenvalue weighted by Gasteiger charge is 2.21. The second-order valence-electron chi connectivity index (χ2n) is 5.08. The van der Waals surface area contributed by atoms with Gasteiger partial charge in [-0.3, -0.25) is 10.1 Å². The number of aryl methyl sites for hydroxylation is 1. The number of non-ortho nitro benzene ring substituents is 1. The minimum Gasteiger partial charge on any atom is -0.464 e. The Hall–Kier alpha value is -3.15. The Balaban J connectivity index is 2.29. The summed E-state index contributed by atoms with van der Waals surface area (Å²) in [6.45, 7) is 1.90. The predicted molar refractivity (Wildman–Crippen MR) is 86.0 cm³/mol. The first kappa shape index (κ1) is 14.8. The lowest BCUT2D eigenvalue weighted by Crippen LogP contribution is -2.10. The van der Waals surface area contributed by atoms with Gasteiger partial charge in [-0.1, -0.05) is 24.3 Å². The molecule has 0 bridgehead atoms. The summed E-state index contributed by atoms with van der Waals surface area (Å²) in [4.78, 5) is 22.6. The third-order valence-corrected chi connectivity index (χ3v) is 3.83. The maximum absolute atomic E-state index is 12.3. The van der Waals surface area contributed by atoms with Crippen LogP contribution < -0.4 is 0 Å². The number of ether oxygens (including phenoxy) is 1. The molecule has 0 amide bonds. The topological polar surface area (TPSA) is 74.4 Å². The van der Waals surface area contributed by atoms with E-state index in [1.807, 2.05) is 31.2 Å². The van der Waals surface area contributed by atoms with Gasteiger partial charge < -0.3 is 9.30 Å². The second kappa shape index (κ2) is 5.57. The van der Waals surface area contributed by atoms with Crippen LogP contribution in [0.3, 0.4) is 0 Å². The van der Waals surface area contributed by atoms with Crippen molar-refractivity contribution in [2.45, 2.75) is 6.92 Å². The summed E-state index contributed by atoms with van der Waals surface area (Å²) in [5.74, 6) is -0.451. The van der Waals surface area contributed by atoms with Crippen molar-refractivity contribution in [2.24, 2.45) is 0 Å². The van der Waals surface area contributed by atoms with E-state index in [4.69, 9.17) is 4.74 Å². The number of methoxy groups -OCH3 is 1. The van der Waals surface area contributed by atoms with E-state index in [0.29, 0.717) is 11.4 Å². The standard InChI is InChI=1S/C17H14N2O4/c1-11-14-5-3-4-6-15(14)16(17(20)23-2)18(11)12-7-9-13(10-8-12)19(21)22/h3-10H,1-2H3. The van der Waals surface area contributed by atoms with Crippen LogP contribution in [0.4, 0.5) is 5.69 Å². The molecule has 0 saturated carbocycles. The molecule has 0 aliphatic rings. The van der Waals surface area contributed by atoms with E-state index in [1.165, 1.54) is 19.2 Å². The van der Waals surface area contributed by atoms with Crippen LogP contribution in [0.15, 0.2) is 48.5 Å². The molecular formula is C17H14N2O4. The number of nitro benzene ring substituents is 1. The normalized spacial score (nSPS) is 10.7. The number of aromatic nitrogens is 1. The molecule has 1 heterocycles. The van der Waals surface area contributed by atoms with E-state index in [1.54, 1.807) is 16.7 Å². The quantitative estimate of drug-likeness (QED) is 0.420. The fourth-order valence-electron chi connectivity index (χ4n) is 2.76. The molecular weight excluding hydrogens is 296 g/mol. The van der Waals surface area contributed by atoms with Gasteiger partial charge in [0, 0.05) is 34.3 Å². The molecule has 0 atom stereocenters. The summed E-state index contributed by atoms with van der Waals surface area (Å²) in [5.41, 5.74) is 1.96. The fraction of sp³-hybridized carbons (Fsp3) is 0.118. The van der Waals surface area contributed by atoms with Gasteiger partial charge in [0.05, 0.1) is 12.0 Å². The van der Waals surface area contributed by atoms with Gasteiger partial charge in [-0.05, 0) is 19.1 Å². The molecule has 6 heteroatoms. The molecule has 116 valence electrons. The zero-order chi connectivity index (χ0) is 16.6. The number of esters is 1. The number of hydrogen-bond acceptors (Lipinski definition) is 4. The van der Waals surface area contributed by atoms with Crippen LogP contribution in [0.2, 0.25) is 0 Å². The average molecular weight is 310 g/mol. The van der Waals surface area contributed by atoms with E-state index in [2.05, 4.69) is 0 Å². The first-order valence-electron chi connectivity index (χ1n) is 6.97. The van der Waals surface area contributed by atoms with Crippen molar-refractivity contribution in [1.82, 2.24) is 4.57 Å². The van der Waals surface area contributed by atoms with Gasteiger partial charge in [0.15, 0.2) is 0 Å². The van der Waals surface area contributed by atoms with Gasteiger partial charge in [-0.25, -0.2) is 4.79 Å². The van der Waals surface area contributed by atoms with Gasteiger partial charge in [-0.15, -0.1) is 0 Å². The number of carbonyl (C=O) groups excluding carboxylic acids is 1. The van der Waals surface area contributed by atoms with Crippen molar-refractivity contribution >= 4 is 22.4 Å². The van der Waals surface area contributed by atoms with Crippen molar-refractivity contribution in [3.05, 3.63) is 70.0 Å². The maximum Gasteiger partial charge on any atom is 0.355 e. The molecule has 0 N–H and O–H groups in total. The molecule has 3 aromatic rings. The summed E-state index contributed by atoms with van der Waals surface area (Å²) in [7, 11) is 1.33. The summed E-state index contributed by atoms with van der Waals surface area (Å²) in [5, 5.41) is 12.5. The minimum atomic E-state index is -0.454. The SMILES string of the molecule is COC(=O)c1c2ccccc2c(C)n1-c1ccc([N+](=O)[O-])cc1. The van der Waals surface area contributed by atoms with Crippen molar-refractivity contribution in [3.63, 3.8) is 0 Å². The van der Waals surface area contributed by atoms with Gasteiger partial charge in [0.1, 0.15) is 5.69 Å². The van der Waals surface area contributed by atoms with Crippen molar-refractivity contribution < 1.29 is 14.5 Å². The molecule has 0 aliphatic carbocycles. The number of carbonyl (C=O) groups is 1. The van der Waals surface area contributed by atoms with Crippen LogP contribution in [0.25, 0.3) is 16.5 Å². The number of rotatable bonds is 3. The molecule has 6 nitrogen and oxygen atoms in total. The Morgan fingerprint density at radius 1 is 1.09 bits per heavy atom. The Labute approximate surface area is 132 Å². The van der Waals surface area contributed by atoms with Gasteiger partial charge in [-0.2, -0.15) is 0 Å². The Morgan fingerprint density at radius 3 is 2.26 bits per heavy atom. The number of fused-ring (bicyclic) bond motifs is 1. The van der Waals surface area contributed by atoms with E-state index in [0.717, 1.165) is 16.5 Å². The molecule has 0 aliphatic heterocycles. The second-order valence-corrected chi connectivity index (χ2v) is 5.08. The third kappa shape index (κ3) is 2.34. The number of nitro groups is 1. The molecule has 0 spiro atoms. The Morgan fingerprint density at radius 2 is 1.70 bits per heavy atom. The van der Waals surface area contributed by atoms with Crippen LogP contribution in [0.1, 0.15) is 16.2 Å². The molecule has 0 radical (unpaired) electrons. The number of hydrogen-bond donors (Lipinski definition) is 0. The van der Waals surface area contributed by atoms with Crippen molar-refractivity contribution in [1.29, 1.82) is 0 Å². The highest BCUT2D eigenvalue weighted by Crippen LogP contribution is 2.30. The highest BCUT2D eigenvalue weighted by molar-refractivity contribution is 6.05. The predicted octanol–water partition coefficient (Wildman–Crippen LogP) is 3.63. The summed E-state index contributed by atoms with van der Waals surface area (Å²) in [6.07, 6.45) is 0. The van der Waals surface area contributed by atoms with Crippen LogP contribution in [0.5, 0.6) is 0 Å². The molecule has 2 aromatic carbocycles. The Kier molecular flexibility index (Phi) is 3.57. The van der Waals surface area contributed by atoms with E-state index >= 15 is 0 Å². The lowest BCUT2D eigenvalue weighted by Gasteiger charge is -2.10. The Bertz CT molecular complexity index is 910. The minimum absolute atomic E-state index is 0.00253. The lowest BCUT2D eigenvalue weighted by molar-refractivity contribution is -0.384. The van der Waals surface area contributed by atoms with Crippen LogP contribution in [-0.4, -0.2) is 22.6 Å². The van der Waals surface area contributed by atoms with Gasteiger partial charge in [0.2, 0.25) is 0 Å². The smallest absolute Gasteiger partial charge is 0.355 e. The van der Waals surface area contributed by atoms with E-state index < -0.39 is 10.9 Å². The van der Waals surface area contributed by atoms with Crippen LogP contribution in [-0.2, 0) is 4.74 Å². The lowest BCUT2D eigenvalue weighted by atomic mass is 10.1. The molecule has 23 heavy (non-hydrogen) atoms. The monoisotopic (exact) mass is 310 g/mol. The van der Waals surface area contributed by atoms with Crippen LogP contribution >= 0.6 is 0 Å². The molecule has 3 rings (SSSR count). The first-order chi connectivity index (χ1) is 11.0. The largest absolute Gasteiger partial charge is 0.464 e. The molecule has 0 fully saturated rings. The summed E-state index contributed by atoms with van der Waals surface area (Å²) >= 11 is 0. The molecule has 0 saturated heterocycles. The van der Waals surface area contributed by atoms with E-state index in [-0.39, 0.29) is 5.69 Å². The average Bonchev–Trinajstić information content (AvgIpc) is 2.87. The molecule has 0 unspecified atom stereocenters. The van der Waals surface area contributed by atoms with Crippen molar-refractivity contribution in [3.8, 4) is 5.69 Å². The summed E-state index contributed by atoms with van der Waals surface area (Å²) < 4.78 is 6.68. The fourth-order valence-corrected chi connectivity index (χ4v) is 2.76. The first-order valence-corrected chi connectivity index (χ1v) is 6.97. The van der Waals surface area contributed by atoms with Gasteiger partial charge >= 0.3 is 5.97 Å². The van der Waals surface area contributed by atoms with Crippen molar-refractivity contribution in [2.75, 3.05) is 7.11 Å². The number of nitrogens with zero attached hydrogens (tertiary/aromatic N) is 2. The summed E-state index contributed by atoms with van der Waals surface area (Å²) in [6, 6.07) is 13.6.